The molecule has 1 aliphatic rings. The fourth-order valence-corrected chi connectivity index (χ4v) is 2.71. The van der Waals surface area contributed by atoms with E-state index in [1.54, 1.807) is 0 Å². The smallest absolute Gasteiger partial charge is 0.308 e. The van der Waals surface area contributed by atoms with Crippen molar-refractivity contribution in [3.8, 4) is 5.75 Å². The van der Waals surface area contributed by atoms with Crippen LogP contribution in [0.5, 0.6) is 5.75 Å². The largest absolute Gasteiger partial charge is 0.427 e. The molecule has 1 aliphatic heterocycles. The number of carbonyl (C=O) groups is 1. The van der Waals surface area contributed by atoms with Gasteiger partial charge >= 0.3 is 5.97 Å². The zero-order valence-electron chi connectivity index (χ0n) is 12.7. The number of rotatable bonds is 3. The van der Waals surface area contributed by atoms with Gasteiger partial charge in [0.15, 0.2) is 0 Å². The average Bonchev–Trinajstić information content (AvgIpc) is 2.56. The molecule has 0 unspecified atom stereocenters. The molecule has 2 aromatic carbocycles. The molecule has 0 saturated carbocycles. The molecule has 0 aliphatic carbocycles. The maximum atomic E-state index is 10.9. The van der Waals surface area contributed by atoms with Gasteiger partial charge in [-0.05, 0) is 41.8 Å². The number of hydrogen-bond acceptors (Lipinski definition) is 3. The number of benzene rings is 2. The van der Waals surface area contributed by atoms with Crippen molar-refractivity contribution >= 4 is 17.2 Å². The highest BCUT2D eigenvalue weighted by atomic mass is 16.5. The molecule has 0 atom stereocenters. The normalized spacial score (nSPS) is 14.4. The van der Waals surface area contributed by atoms with Gasteiger partial charge in [0, 0.05) is 25.7 Å². The van der Waals surface area contributed by atoms with Crippen molar-refractivity contribution < 1.29 is 9.53 Å². The van der Waals surface area contributed by atoms with Gasteiger partial charge in [0.25, 0.3) is 0 Å². The van der Waals surface area contributed by atoms with Crippen molar-refractivity contribution in [3.63, 3.8) is 0 Å². The third-order valence-corrected chi connectivity index (χ3v) is 3.82. The summed E-state index contributed by atoms with van der Waals surface area (Å²) in [6.07, 6.45) is 3.33. The fraction of sp³-hybridized carbons (Fsp3) is 0.211. The maximum Gasteiger partial charge on any atom is 0.308 e. The van der Waals surface area contributed by atoms with Crippen LogP contribution in [0.15, 0.2) is 60.7 Å². The summed E-state index contributed by atoms with van der Waals surface area (Å²) in [5, 5.41) is 0. The SMILES string of the molecule is CC(=O)Oc1ccc(N2CC=C(c3ccccc3)CC2)cc1. The van der Waals surface area contributed by atoms with Crippen LogP contribution >= 0.6 is 0 Å². The van der Waals surface area contributed by atoms with Crippen molar-refractivity contribution in [3.05, 3.63) is 66.2 Å². The van der Waals surface area contributed by atoms with E-state index in [0.717, 1.165) is 25.2 Å². The van der Waals surface area contributed by atoms with Crippen molar-refractivity contribution in [1.82, 2.24) is 0 Å². The summed E-state index contributed by atoms with van der Waals surface area (Å²) in [6, 6.07) is 18.2. The zero-order valence-corrected chi connectivity index (χ0v) is 12.7. The van der Waals surface area contributed by atoms with Crippen LogP contribution in [0, 0.1) is 0 Å². The summed E-state index contributed by atoms with van der Waals surface area (Å²) in [7, 11) is 0. The highest BCUT2D eigenvalue weighted by Crippen LogP contribution is 2.26. The molecule has 0 fully saturated rings. The lowest BCUT2D eigenvalue weighted by Crippen LogP contribution is -2.28. The topological polar surface area (TPSA) is 29.5 Å². The quantitative estimate of drug-likeness (QED) is 0.635. The van der Waals surface area contributed by atoms with Crippen LogP contribution in [-0.4, -0.2) is 19.1 Å². The van der Waals surface area contributed by atoms with E-state index in [4.69, 9.17) is 4.74 Å². The Bertz CT molecular complexity index is 674. The third kappa shape index (κ3) is 3.37. The lowest BCUT2D eigenvalue weighted by atomic mass is 9.99. The molecule has 3 rings (SSSR count). The molecule has 3 heteroatoms. The number of ether oxygens (including phenoxy) is 1. The molecule has 22 heavy (non-hydrogen) atoms. The summed E-state index contributed by atoms with van der Waals surface area (Å²) >= 11 is 0. The Morgan fingerprint density at radius 3 is 2.36 bits per heavy atom. The summed E-state index contributed by atoms with van der Waals surface area (Å²) in [4.78, 5) is 13.3. The van der Waals surface area contributed by atoms with E-state index in [9.17, 15) is 4.79 Å². The molecule has 0 bridgehead atoms. The highest BCUT2D eigenvalue weighted by Gasteiger charge is 2.13. The van der Waals surface area contributed by atoms with Gasteiger partial charge < -0.3 is 9.64 Å². The van der Waals surface area contributed by atoms with Gasteiger partial charge in [-0.3, -0.25) is 4.79 Å². The van der Waals surface area contributed by atoms with Gasteiger partial charge in [-0.2, -0.15) is 0 Å². The first-order chi connectivity index (χ1) is 10.7. The van der Waals surface area contributed by atoms with Gasteiger partial charge in [0.1, 0.15) is 5.75 Å². The van der Waals surface area contributed by atoms with Gasteiger partial charge in [-0.25, -0.2) is 0 Å². The van der Waals surface area contributed by atoms with Crippen LogP contribution in [0.4, 0.5) is 5.69 Å². The summed E-state index contributed by atoms with van der Waals surface area (Å²) < 4.78 is 5.06. The molecule has 0 radical (unpaired) electrons. The van der Waals surface area contributed by atoms with E-state index < -0.39 is 0 Å². The molecule has 0 saturated heterocycles. The van der Waals surface area contributed by atoms with E-state index in [1.165, 1.54) is 18.1 Å². The predicted molar refractivity (Wildman–Crippen MR) is 89.0 cm³/mol. The van der Waals surface area contributed by atoms with Crippen LogP contribution in [-0.2, 0) is 4.79 Å². The molecule has 0 spiro atoms. The molecule has 0 amide bonds. The van der Waals surface area contributed by atoms with Gasteiger partial charge in [-0.1, -0.05) is 36.4 Å². The lowest BCUT2D eigenvalue weighted by molar-refractivity contribution is -0.131. The number of carbonyl (C=O) groups excluding carboxylic acids is 1. The van der Waals surface area contributed by atoms with E-state index in [-0.39, 0.29) is 5.97 Å². The molecule has 0 aromatic heterocycles. The van der Waals surface area contributed by atoms with E-state index in [2.05, 4.69) is 35.2 Å². The summed E-state index contributed by atoms with van der Waals surface area (Å²) in [5.41, 5.74) is 3.88. The minimum atomic E-state index is -0.291. The first kappa shape index (κ1) is 14.4. The second-order valence-electron chi connectivity index (χ2n) is 5.38. The molecular formula is C19H19NO2. The highest BCUT2D eigenvalue weighted by molar-refractivity contribution is 5.70. The number of nitrogens with zero attached hydrogens (tertiary/aromatic N) is 1. The summed E-state index contributed by atoms with van der Waals surface area (Å²) in [6.45, 7) is 3.30. The Morgan fingerprint density at radius 1 is 1.05 bits per heavy atom. The lowest BCUT2D eigenvalue weighted by Gasteiger charge is -2.28. The second-order valence-corrected chi connectivity index (χ2v) is 5.38. The number of esters is 1. The second kappa shape index (κ2) is 6.48. The van der Waals surface area contributed by atoms with Gasteiger partial charge in [0.2, 0.25) is 0 Å². The van der Waals surface area contributed by atoms with Crippen LogP contribution in [0.1, 0.15) is 18.9 Å². The van der Waals surface area contributed by atoms with Crippen LogP contribution < -0.4 is 9.64 Å². The Labute approximate surface area is 130 Å². The van der Waals surface area contributed by atoms with Crippen molar-refractivity contribution in [2.75, 3.05) is 18.0 Å². The summed E-state index contributed by atoms with van der Waals surface area (Å²) in [5.74, 6) is 0.301. The number of anilines is 1. The Morgan fingerprint density at radius 2 is 1.77 bits per heavy atom. The van der Waals surface area contributed by atoms with Gasteiger partial charge in [-0.15, -0.1) is 0 Å². The van der Waals surface area contributed by atoms with E-state index >= 15 is 0 Å². The standard InChI is InChI=1S/C19H19NO2/c1-15(21)22-19-9-7-18(8-10-19)20-13-11-17(12-14-20)16-5-3-2-4-6-16/h2-11H,12-14H2,1H3. The minimum absolute atomic E-state index is 0.291. The predicted octanol–water partition coefficient (Wildman–Crippen LogP) is 3.91. The van der Waals surface area contributed by atoms with Crippen LogP contribution in [0.3, 0.4) is 0 Å². The Balaban J connectivity index is 1.68. The van der Waals surface area contributed by atoms with Crippen LogP contribution in [0.2, 0.25) is 0 Å². The Hall–Kier alpha value is -2.55. The molecule has 2 aromatic rings. The zero-order chi connectivity index (χ0) is 15.4. The molecular weight excluding hydrogens is 274 g/mol. The van der Waals surface area contributed by atoms with E-state index in [1.807, 2.05) is 30.3 Å². The van der Waals surface area contributed by atoms with E-state index in [0.29, 0.717) is 5.75 Å². The van der Waals surface area contributed by atoms with Crippen molar-refractivity contribution in [2.45, 2.75) is 13.3 Å². The first-order valence-corrected chi connectivity index (χ1v) is 7.50. The monoisotopic (exact) mass is 293 g/mol. The average molecular weight is 293 g/mol. The van der Waals surface area contributed by atoms with Crippen LogP contribution in [0.25, 0.3) is 5.57 Å². The van der Waals surface area contributed by atoms with Gasteiger partial charge in [0.05, 0.1) is 0 Å². The van der Waals surface area contributed by atoms with Crippen molar-refractivity contribution in [2.24, 2.45) is 0 Å². The number of hydrogen-bond donors (Lipinski definition) is 0. The molecule has 112 valence electrons. The Kier molecular flexibility index (Phi) is 4.24. The van der Waals surface area contributed by atoms with Crippen molar-refractivity contribution in [1.29, 1.82) is 0 Å². The first-order valence-electron chi connectivity index (χ1n) is 7.50. The molecule has 0 N–H and O–H groups in total. The maximum absolute atomic E-state index is 10.9. The fourth-order valence-electron chi connectivity index (χ4n) is 2.71. The third-order valence-electron chi connectivity index (χ3n) is 3.82. The molecule has 1 heterocycles. The minimum Gasteiger partial charge on any atom is -0.427 e. The molecule has 3 nitrogen and oxygen atoms in total.